The SMILES string of the molecule is CC(C)(C)N(Cc1ccc(Cl)nc1)C(=O)O. The minimum absolute atomic E-state index is 0.309. The van der Waals surface area contributed by atoms with E-state index >= 15 is 0 Å². The normalized spacial score (nSPS) is 11.2. The van der Waals surface area contributed by atoms with Gasteiger partial charge in [0.05, 0.1) is 6.54 Å². The Labute approximate surface area is 99.9 Å². The molecule has 1 amide bonds. The maximum Gasteiger partial charge on any atom is 0.408 e. The molecule has 4 nitrogen and oxygen atoms in total. The van der Waals surface area contributed by atoms with Crippen LogP contribution in [0.5, 0.6) is 0 Å². The van der Waals surface area contributed by atoms with Crippen molar-refractivity contribution in [2.24, 2.45) is 0 Å². The summed E-state index contributed by atoms with van der Waals surface area (Å²) < 4.78 is 0. The van der Waals surface area contributed by atoms with E-state index in [0.29, 0.717) is 11.7 Å². The van der Waals surface area contributed by atoms with Gasteiger partial charge in [-0.05, 0) is 32.4 Å². The minimum atomic E-state index is -0.942. The fraction of sp³-hybridized carbons (Fsp3) is 0.455. The first kappa shape index (κ1) is 12.8. The van der Waals surface area contributed by atoms with Crippen LogP contribution in [0.15, 0.2) is 18.3 Å². The topological polar surface area (TPSA) is 53.4 Å². The van der Waals surface area contributed by atoms with Crippen LogP contribution >= 0.6 is 11.6 Å². The number of pyridine rings is 1. The average molecular weight is 243 g/mol. The molecule has 1 heterocycles. The van der Waals surface area contributed by atoms with E-state index < -0.39 is 11.6 Å². The summed E-state index contributed by atoms with van der Waals surface area (Å²) in [7, 11) is 0. The second kappa shape index (κ2) is 4.70. The molecule has 1 aromatic heterocycles. The molecule has 0 atom stereocenters. The van der Waals surface area contributed by atoms with Crippen LogP contribution in [0.3, 0.4) is 0 Å². The fourth-order valence-corrected chi connectivity index (χ4v) is 1.39. The predicted molar refractivity (Wildman–Crippen MR) is 62.6 cm³/mol. The summed E-state index contributed by atoms with van der Waals surface area (Å²) in [6.45, 7) is 5.86. The Morgan fingerprint density at radius 3 is 2.50 bits per heavy atom. The Hall–Kier alpha value is -1.29. The molecule has 0 spiro atoms. The van der Waals surface area contributed by atoms with Gasteiger partial charge in [-0.1, -0.05) is 17.7 Å². The quantitative estimate of drug-likeness (QED) is 0.811. The van der Waals surface area contributed by atoms with Crippen LogP contribution < -0.4 is 0 Å². The first-order valence-corrected chi connectivity index (χ1v) is 5.29. The molecule has 0 saturated heterocycles. The Bertz CT molecular complexity index is 371. The van der Waals surface area contributed by atoms with E-state index in [0.717, 1.165) is 5.56 Å². The second-order valence-corrected chi connectivity index (χ2v) is 4.92. The molecule has 1 aromatic rings. The third-order valence-corrected chi connectivity index (χ3v) is 2.39. The summed E-state index contributed by atoms with van der Waals surface area (Å²) in [5.74, 6) is 0. The highest BCUT2D eigenvalue weighted by Gasteiger charge is 2.25. The van der Waals surface area contributed by atoms with Gasteiger partial charge >= 0.3 is 6.09 Å². The summed E-state index contributed by atoms with van der Waals surface area (Å²) in [6, 6.07) is 3.43. The molecule has 0 radical (unpaired) electrons. The number of nitrogens with zero attached hydrogens (tertiary/aromatic N) is 2. The summed E-state index contributed by atoms with van der Waals surface area (Å²) in [4.78, 5) is 16.4. The van der Waals surface area contributed by atoms with Crippen LogP contribution in [-0.2, 0) is 6.54 Å². The van der Waals surface area contributed by atoms with Crippen molar-refractivity contribution in [3.8, 4) is 0 Å². The Balaban J connectivity index is 2.84. The summed E-state index contributed by atoms with van der Waals surface area (Å²) in [6.07, 6.45) is 0.645. The van der Waals surface area contributed by atoms with Crippen molar-refractivity contribution in [1.29, 1.82) is 0 Å². The van der Waals surface area contributed by atoms with E-state index in [9.17, 15) is 4.79 Å². The summed E-state index contributed by atoms with van der Waals surface area (Å²) >= 11 is 5.66. The second-order valence-electron chi connectivity index (χ2n) is 4.53. The van der Waals surface area contributed by atoms with Crippen LogP contribution in [-0.4, -0.2) is 26.6 Å². The number of rotatable bonds is 2. The van der Waals surface area contributed by atoms with E-state index in [1.165, 1.54) is 4.90 Å². The molecule has 1 N–H and O–H groups in total. The summed E-state index contributed by atoms with van der Waals surface area (Å²) in [5.41, 5.74) is 0.382. The van der Waals surface area contributed by atoms with Gasteiger partial charge in [0, 0.05) is 11.7 Å². The zero-order chi connectivity index (χ0) is 12.3. The molecule has 0 aliphatic heterocycles. The average Bonchev–Trinajstić information content (AvgIpc) is 2.14. The van der Waals surface area contributed by atoms with Crippen molar-refractivity contribution in [3.05, 3.63) is 29.0 Å². The number of hydrogen-bond acceptors (Lipinski definition) is 2. The lowest BCUT2D eigenvalue weighted by Crippen LogP contribution is -2.44. The molecular formula is C11H15ClN2O2. The Kier molecular flexibility index (Phi) is 3.75. The summed E-state index contributed by atoms with van der Waals surface area (Å²) in [5, 5.41) is 9.51. The minimum Gasteiger partial charge on any atom is -0.465 e. The van der Waals surface area contributed by atoms with Crippen molar-refractivity contribution in [2.45, 2.75) is 32.9 Å². The zero-order valence-corrected chi connectivity index (χ0v) is 10.3. The van der Waals surface area contributed by atoms with Gasteiger partial charge in [-0.2, -0.15) is 0 Å². The van der Waals surface area contributed by atoms with E-state index in [1.54, 1.807) is 18.3 Å². The first-order valence-electron chi connectivity index (χ1n) is 4.91. The largest absolute Gasteiger partial charge is 0.465 e. The number of hydrogen-bond donors (Lipinski definition) is 1. The highest BCUT2D eigenvalue weighted by Crippen LogP contribution is 2.17. The van der Waals surface area contributed by atoms with Crippen LogP contribution in [0, 0.1) is 0 Å². The third kappa shape index (κ3) is 3.38. The zero-order valence-electron chi connectivity index (χ0n) is 9.57. The van der Waals surface area contributed by atoms with Crippen molar-refractivity contribution < 1.29 is 9.90 Å². The van der Waals surface area contributed by atoms with E-state index in [1.807, 2.05) is 20.8 Å². The van der Waals surface area contributed by atoms with Gasteiger partial charge in [0.1, 0.15) is 5.15 Å². The molecule has 0 aliphatic rings. The van der Waals surface area contributed by atoms with Crippen LogP contribution in [0.2, 0.25) is 5.15 Å². The van der Waals surface area contributed by atoms with Gasteiger partial charge < -0.3 is 5.11 Å². The monoisotopic (exact) mass is 242 g/mol. The molecule has 1 rings (SSSR count). The molecular weight excluding hydrogens is 228 g/mol. The third-order valence-electron chi connectivity index (χ3n) is 2.17. The van der Waals surface area contributed by atoms with Crippen LogP contribution in [0.1, 0.15) is 26.3 Å². The maximum absolute atomic E-state index is 11.1. The molecule has 0 fully saturated rings. The molecule has 0 aliphatic carbocycles. The Morgan fingerprint density at radius 1 is 1.50 bits per heavy atom. The number of carbonyl (C=O) groups is 1. The van der Waals surface area contributed by atoms with E-state index in [-0.39, 0.29) is 0 Å². The molecule has 0 aromatic carbocycles. The highest BCUT2D eigenvalue weighted by molar-refractivity contribution is 6.29. The highest BCUT2D eigenvalue weighted by atomic mass is 35.5. The lowest BCUT2D eigenvalue weighted by atomic mass is 10.1. The maximum atomic E-state index is 11.1. The predicted octanol–water partition coefficient (Wildman–Crippen LogP) is 3.01. The fourth-order valence-electron chi connectivity index (χ4n) is 1.27. The van der Waals surface area contributed by atoms with Gasteiger partial charge in [-0.15, -0.1) is 0 Å². The number of amides is 1. The van der Waals surface area contributed by atoms with E-state index in [4.69, 9.17) is 16.7 Å². The molecule has 0 unspecified atom stereocenters. The van der Waals surface area contributed by atoms with Crippen LogP contribution in [0.4, 0.5) is 4.79 Å². The first-order chi connectivity index (χ1) is 7.30. The van der Waals surface area contributed by atoms with Gasteiger partial charge in [0.15, 0.2) is 0 Å². The molecule has 0 saturated carbocycles. The molecule has 16 heavy (non-hydrogen) atoms. The number of halogens is 1. The standard InChI is InChI=1S/C11H15ClN2O2/c1-11(2,3)14(10(15)16)7-8-4-5-9(12)13-6-8/h4-6H,7H2,1-3H3,(H,15,16). The van der Waals surface area contributed by atoms with Crippen molar-refractivity contribution in [3.63, 3.8) is 0 Å². The molecule has 0 bridgehead atoms. The lowest BCUT2D eigenvalue weighted by Gasteiger charge is -2.33. The van der Waals surface area contributed by atoms with E-state index in [2.05, 4.69) is 4.98 Å². The van der Waals surface area contributed by atoms with Gasteiger partial charge in [-0.3, -0.25) is 4.90 Å². The van der Waals surface area contributed by atoms with Crippen molar-refractivity contribution in [1.82, 2.24) is 9.88 Å². The number of carboxylic acid groups (broad SMARTS) is 1. The van der Waals surface area contributed by atoms with Crippen LogP contribution in [0.25, 0.3) is 0 Å². The number of aromatic nitrogens is 1. The smallest absolute Gasteiger partial charge is 0.408 e. The van der Waals surface area contributed by atoms with Gasteiger partial charge in [-0.25, -0.2) is 9.78 Å². The van der Waals surface area contributed by atoms with Gasteiger partial charge in [0.25, 0.3) is 0 Å². The van der Waals surface area contributed by atoms with Crippen molar-refractivity contribution >= 4 is 17.7 Å². The Morgan fingerprint density at radius 2 is 2.12 bits per heavy atom. The lowest BCUT2D eigenvalue weighted by molar-refractivity contribution is 0.0955. The van der Waals surface area contributed by atoms with Crippen molar-refractivity contribution in [2.75, 3.05) is 0 Å². The van der Waals surface area contributed by atoms with Gasteiger partial charge in [0.2, 0.25) is 0 Å². The molecule has 5 heteroatoms. The molecule has 88 valence electrons.